The molecule has 116 valence electrons. The van der Waals surface area contributed by atoms with Crippen molar-refractivity contribution in [1.82, 2.24) is 4.90 Å². The zero-order chi connectivity index (χ0) is 14.3. The Hall–Kier alpha value is -0.330. The number of amides is 1. The quantitative estimate of drug-likeness (QED) is 0.726. The number of nitrogens with zero attached hydrogens (tertiary/aromatic N) is 1. The molecule has 0 bridgehead atoms. The smallest absolute Gasteiger partial charge is 0.222 e. The highest BCUT2D eigenvalue weighted by molar-refractivity contribution is 7.90. The van der Waals surface area contributed by atoms with Crippen molar-refractivity contribution in [2.24, 2.45) is 11.7 Å². The van der Waals surface area contributed by atoms with Crippen molar-refractivity contribution in [1.29, 1.82) is 0 Å². The molecule has 0 saturated carbocycles. The van der Waals surface area contributed by atoms with Gasteiger partial charge in [0.1, 0.15) is 9.84 Å². The zero-order valence-electron chi connectivity index (χ0n) is 12.3. The number of carbonyl (C=O) groups excluding carboxylic acids is 1. The van der Waals surface area contributed by atoms with E-state index in [4.69, 9.17) is 5.73 Å². The van der Waals surface area contributed by atoms with Crippen LogP contribution in [0.2, 0.25) is 0 Å². The highest BCUT2D eigenvalue weighted by atomic mass is 35.5. The molecule has 0 spiro atoms. The largest absolute Gasteiger partial charge is 0.346 e. The second kappa shape index (κ2) is 9.55. The Morgan fingerprint density at radius 3 is 2.26 bits per heavy atom. The molecule has 5 nitrogen and oxygen atoms in total. The summed E-state index contributed by atoms with van der Waals surface area (Å²) in [6.07, 6.45) is 2.62. The van der Waals surface area contributed by atoms with E-state index in [9.17, 15) is 13.2 Å². The van der Waals surface area contributed by atoms with Gasteiger partial charge in [0, 0.05) is 32.3 Å². The van der Waals surface area contributed by atoms with Crippen molar-refractivity contribution in [2.45, 2.75) is 39.2 Å². The average Bonchev–Trinajstić information content (AvgIpc) is 2.23. The van der Waals surface area contributed by atoms with Crippen LogP contribution < -0.4 is 5.73 Å². The molecule has 0 saturated heterocycles. The van der Waals surface area contributed by atoms with Gasteiger partial charge in [0.05, 0.1) is 5.75 Å². The molecule has 7 heteroatoms. The summed E-state index contributed by atoms with van der Waals surface area (Å²) in [6, 6.07) is 0.0938. The van der Waals surface area contributed by atoms with E-state index >= 15 is 0 Å². The van der Waals surface area contributed by atoms with Crippen molar-refractivity contribution in [3.05, 3.63) is 0 Å². The molecule has 0 heterocycles. The third kappa shape index (κ3) is 11.2. The monoisotopic (exact) mass is 314 g/mol. The minimum Gasteiger partial charge on any atom is -0.346 e. The normalized spacial score (nSPS) is 12.9. The van der Waals surface area contributed by atoms with Crippen LogP contribution in [0.15, 0.2) is 0 Å². The molecule has 0 aromatic rings. The van der Waals surface area contributed by atoms with Crippen LogP contribution in [0.4, 0.5) is 0 Å². The van der Waals surface area contributed by atoms with E-state index in [2.05, 4.69) is 13.8 Å². The highest BCUT2D eigenvalue weighted by Crippen LogP contribution is 2.05. The average molecular weight is 315 g/mol. The van der Waals surface area contributed by atoms with E-state index in [0.29, 0.717) is 18.9 Å². The lowest BCUT2D eigenvalue weighted by Crippen LogP contribution is -2.34. The molecule has 0 aromatic carbocycles. The predicted octanol–water partition coefficient (Wildman–Crippen LogP) is 1.06. The molecule has 0 radical (unpaired) electrons. The number of hydrogen-bond acceptors (Lipinski definition) is 4. The highest BCUT2D eigenvalue weighted by Gasteiger charge is 2.13. The lowest BCUT2D eigenvalue weighted by molar-refractivity contribution is -0.130. The van der Waals surface area contributed by atoms with Crippen molar-refractivity contribution in [3.63, 3.8) is 0 Å². The Morgan fingerprint density at radius 2 is 1.84 bits per heavy atom. The second-order valence-electron chi connectivity index (χ2n) is 5.25. The number of carbonyl (C=O) groups is 1. The SMILES string of the molecule is CC(C)C(N)CCN(C)C(=O)CCCS(C)(=O)=O.Cl. The van der Waals surface area contributed by atoms with Crippen LogP contribution in [0.25, 0.3) is 0 Å². The fraction of sp³-hybridized carbons (Fsp3) is 0.917. The van der Waals surface area contributed by atoms with E-state index in [1.807, 2.05) is 0 Å². The van der Waals surface area contributed by atoms with Gasteiger partial charge in [0.15, 0.2) is 0 Å². The number of hydrogen-bond donors (Lipinski definition) is 1. The molecule has 0 aliphatic heterocycles. The van der Waals surface area contributed by atoms with Crippen molar-refractivity contribution < 1.29 is 13.2 Å². The molecule has 2 N–H and O–H groups in total. The standard InChI is InChI=1S/C12H26N2O3S.ClH/c1-10(2)11(13)7-8-14(3)12(15)6-5-9-18(4,16)17;/h10-11H,5-9,13H2,1-4H3;1H. The summed E-state index contributed by atoms with van der Waals surface area (Å²) in [7, 11) is -1.24. The van der Waals surface area contributed by atoms with Gasteiger partial charge in [-0.2, -0.15) is 0 Å². The molecular formula is C12H27ClN2O3S. The number of nitrogens with two attached hydrogens (primary N) is 1. The van der Waals surface area contributed by atoms with Crippen LogP contribution in [0, 0.1) is 5.92 Å². The minimum atomic E-state index is -2.97. The summed E-state index contributed by atoms with van der Waals surface area (Å²) >= 11 is 0. The van der Waals surface area contributed by atoms with Gasteiger partial charge in [0.2, 0.25) is 5.91 Å². The maximum atomic E-state index is 11.7. The lowest BCUT2D eigenvalue weighted by Gasteiger charge is -2.21. The third-order valence-corrected chi connectivity index (χ3v) is 4.02. The van der Waals surface area contributed by atoms with Gasteiger partial charge in [-0.3, -0.25) is 4.79 Å². The molecule has 0 aliphatic carbocycles. The first-order chi connectivity index (χ1) is 8.13. The maximum Gasteiger partial charge on any atom is 0.222 e. The topological polar surface area (TPSA) is 80.5 Å². The van der Waals surface area contributed by atoms with Gasteiger partial charge in [0.25, 0.3) is 0 Å². The number of sulfone groups is 1. The molecule has 0 rings (SSSR count). The maximum absolute atomic E-state index is 11.7. The molecule has 0 aromatic heterocycles. The lowest BCUT2D eigenvalue weighted by atomic mass is 10.0. The van der Waals surface area contributed by atoms with Crippen LogP contribution in [0.1, 0.15) is 33.1 Å². The van der Waals surface area contributed by atoms with E-state index in [1.165, 1.54) is 6.26 Å². The summed E-state index contributed by atoms with van der Waals surface area (Å²) in [5, 5.41) is 0. The first-order valence-electron chi connectivity index (χ1n) is 6.30. The summed E-state index contributed by atoms with van der Waals surface area (Å²) in [4.78, 5) is 13.3. The first kappa shape index (κ1) is 21.0. The molecule has 1 amide bonds. The minimum absolute atomic E-state index is 0. The number of rotatable bonds is 8. The fourth-order valence-electron chi connectivity index (χ4n) is 1.48. The Balaban J connectivity index is 0. The number of halogens is 1. The molecule has 1 unspecified atom stereocenters. The summed E-state index contributed by atoms with van der Waals surface area (Å²) < 4.78 is 21.9. The molecule has 1 atom stereocenters. The predicted molar refractivity (Wildman–Crippen MR) is 81.3 cm³/mol. The van der Waals surface area contributed by atoms with Gasteiger partial charge in [-0.05, 0) is 18.8 Å². The first-order valence-corrected chi connectivity index (χ1v) is 8.37. The Morgan fingerprint density at radius 1 is 1.32 bits per heavy atom. The van der Waals surface area contributed by atoms with Gasteiger partial charge >= 0.3 is 0 Å². The Kier molecular flexibility index (Phi) is 10.5. The third-order valence-electron chi connectivity index (χ3n) is 2.99. The van der Waals surface area contributed by atoms with E-state index in [-0.39, 0.29) is 36.5 Å². The van der Waals surface area contributed by atoms with Crippen molar-refractivity contribution in [3.8, 4) is 0 Å². The molecule has 19 heavy (non-hydrogen) atoms. The van der Waals surface area contributed by atoms with Gasteiger partial charge in [-0.15, -0.1) is 12.4 Å². The Labute approximate surface area is 123 Å². The fourth-order valence-corrected chi connectivity index (χ4v) is 2.15. The van der Waals surface area contributed by atoms with Crippen LogP contribution in [-0.2, 0) is 14.6 Å². The van der Waals surface area contributed by atoms with Crippen molar-refractivity contribution in [2.75, 3.05) is 25.6 Å². The van der Waals surface area contributed by atoms with E-state index in [1.54, 1.807) is 11.9 Å². The van der Waals surface area contributed by atoms with Crippen molar-refractivity contribution >= 4 is 28.2 Å². The van der Waals surface area contributed by atoms with Crippen LogP contribution >= 0.6 is 12.4 Å². The second-order valence-corrected chi connectivity index (χ2v) is 7.51. The summed E-state index contributed by atoms with van der Waals surface area (Å²) in [5.41, 5.74) is 5.90. The van der Waals surface area contributed by atoms with Crippen LogP contribution in [0.3, 0.4) is 0 Å². The van der Waals surface area contributed by atoms with Gasteiger partial charge in [-0.1, -0.05) is 13.8 Å². The van der Waals surface area contributed by atoms with Gasteiger partial charge in [-0.25, -0.2) is 8.42 Å². The molecule has 0 aliphatic rings. The molecular weight excluding hydrogens is 288 g/mol. The van der Waals surface area contributed by atoms with E-state index in [0.717, 1.165) is 6.42 Å². The Bertz CT molecular complexity index is 358. The van der Waals surface area contributed by atoms with E-state index < -0.39 is 9.84 Å². The molecule has 0 fully saturated rings. The van der Waals surface area contributed by atoms with Crippen LogP contribution in [-0.4, -0.2) is 50.9 Å². The summed E-state index contributed by atoms with van der Waals surface area (Å²) in [5.74, 6) is 0.450. The van der Waals surface area contributed by atoms with Gasteiger partial charge < -0.3 is 10.6 Å². The summed E-state index contributed by atoms with van der Waals surface area (Å²) in [6.45, 7) is 4.73. The van der Waals surface area contributed by atoms with Crippen LogP contribution in [0.5, 0.6) is 0 Å². The zero-order valence-corrected chi connectivity index (χ0v) is 13.9.